The van der Waals surface area contributed by atoms with Crippen LogP contribution in [0.5, 0.6) is 0 Å². The number of aryl methyl sites for hydroxylation is 4. The molecule has 1 aliphatic rings. The van der Waals surface area contributed by atoms with Gasteiger partial charge in [0.15, 0.2) is 5.16 Å². The lowest BCUT2D eigenvalue weighted by atomic mass is 9.97. The van der Waals surface area contributed by atoms with Crippen molar-refractivity contribution in [2.75, 3.05) is 0 Å². The smallest absolute Gasteiger partial charge is 0.267 e. The lowest BCUT2D eigenvalue weighted by molar-refractivity contribution is 0.392. The van der Waals surface area contributed by atoms with Crippen LogP contribution in [-0.4, -0.2) is 14.7 Å². The molecule has 0 saturated heterocycles. The van der Waals surface area contributed by atoms with Crippen LogP contribution in [0.15, 0.2) is 38.7 Å². The Morgan fingerprint density at radius 1 is 1.23 bits per heavy atom. The Kier molecular flexibility index (Phi) is 4.99. The molecule has 0 N–H and O–H groups in total. The monoisotopic (exact) mass is 441 g/mol. The van der Waals surface area contributed by atoms with Gasteiger partial charge < -0.3 is 4.52 Å². The molecular formula is C22H20FN3O2S2. The van der Waals surface area contributed by atoms with E-state index in [0.717, 1.165) is 53.1 Å². The first-order valence-corrected chi connectivity index (χ1v) is 11.7. The summed E-state index contributed by atoms with van der Waals surface area (Å²) in [6.45, 7) is 3.75. The van der Waals surface area contributed by atoms with Crippen LogP contribution in [0.3, 0.4) is 0 Å². The summed E-state index contributed by atoms with van der Waals surface area (Å²) < 4.78 is 21.4. The number of benzene rings is 1. The molecular weight excluding hydrogens is 421 g/mol. The summed E-state index contributed by atoms with van der Waals surface area (Å²) in [6, 6.07) is 6.36. The second-order valence-corrected chi connectivity index (χ2v) is 9.49. The third-order valence-electron chi connectivity index (χ3n) is 5.58. The van der Waals surface area contributed by atoms with Gasteiger partial charge in [0.2, 0.25) is 0 Å². The molecule has 0 saturated carbocycles. The third kappa shape index (κ3) is 3.18. The number of nitrogens with zero attached hydrogens (tertiary/aromatic N) is 3. The predicted molar refractivity (Wildman–Crippen MR) is 117 cm³/mol. The molecule has 0 atom stereocenters. The van der Waals surface area contributed by atoms with Crippen LogP contribution in [-0.2, 0) is 18.6 Å². The molecule has 0 fully saturated rings. The molecule has 1 aliphatic carbocycles. The summed E-state index contributed by atoms with van der Waals surface area (Å²) in [5.74, 6) is 0.843. The maximum atomic E-state index is 14.7. The summed E-state index contributed by atoms with van der Waals surface area (Å²) in [4.78, 5) is 20.5. The number of fused-ring (bicyclic) bond motifs is 3. The second-order valence-electron chi connectivity index (χ2n) is 7.47. The lowest BCUT2D eigenvalue weighted by Gasteiger charge is -2.14. The number of hydrogen-bond donors (Lipinski definition) is 0. The average molecular weight is 442 g/mol. The zero-order valence-electron chi connectivity index (χ0n) is 16.7. The highest BCUT2D eigenvalue weighted by atomic mass is 32.2. The van der Waals surface area contributed by atoms with Crippen molar-refractivity contribution < 1.29 is 8.91 Å². The van der Waals surface area contributed by atoms with E-state index in [1.54, 1.807) is 29.5 Å². The topological polar surface area (TPSA) is 60.9 Å². The van der Waals surface area contributed by atoms with Crippen molar-refractivity contribution in [3.05, 3.63) is 67.9 Å². The minimum atomic E-state index is -0.441. The molecule has 0 bridgehead atoms. The normalized spacial score (nSPS) is 13.7. The summed E-state index contributed by atoms with van der Waals surface area (Å²) in [7, 11) is 0. The van der Waals surface area contributed by atoms with Crippen molar-refractivity contribution in [3.63, 3.8) is 0 Å². The highest BCUT2D eigenvalue weighted by Crippen LogP contribution is 2.36. The number of rotatable bonds is 4. The Hall–Kier alpha value is -2.45. The fraction of sp³-hybridized carbons (Fsp3) is 0.318. The first kappa shape index (κ1) is 19.5. The quantitative estimate of drug-likeness (QED) is 0.315. The zero-order valence-corrected chi connectivity index (χ0v) is 18.3. The predicted octanol–water partition coefficient (Wildman–Crippen LogP) is 5.36. The van der Waals surface area contributed by atoms with Crippen molar-refractivity contribution in [2.24, 2.45) is 0 Å². The fourth-order valence-corrected chi connectivity index (χ4v) is 6.43. The van der Waals surface area contributed by atoms with Gasteiger partial charge >= 0.3 is 0 Å². The van der Waals surface area contributed by atoms with Crippen LogP contribution in [0.2, 0.25) is 0 Å². The van der Waals surface area contributed by atoms with Crippen LogP contribution in [0, 0.1) is 19.7 Å². The van der Waals surface area contributed by atoms with Gasteiger partial charge in [-0.2, -0.15) is 0 Å². The van der Waals surface area contributed by atoms with E-state index in [1.165, 1.54) is 27.3 Å². The number of aromatic nitrogens is 3. The maximum Gasteiger partial charge on any atom is 0.267 e. The van der Waals surface area contributed by atoms with Gasteiger partial charge in [0.05, 0.1) is 16.8 Å². The standard InChI is InChI=1S/C22H20FN3O2S2/c1-12-15(13(2)28-25-12)11-29-22-24-20-19(14-7-3-6-10-18(14)30-20)21(27)26(22)17-9-5-4-8-16(17)23/h4-5,8-9H,3,6-7,10-11H2,1-2H3. The summed E-state index contributed by atoms with van der Waals surface area (Å²) in [6.07, 6.45) is 4.07. The number of thiophene rings is 1. The lowest BCUT2D eigenvalue weighted by Crippen LogP contribution is -2.23. The number of para-hydroxylation sites is 1. The Balaban J connectivity index is 1.71. The van der Waals surface area contributed by atoms with Crippen molar-refractivity contribution in [1.82, 2.24) is 14.7 Å². The summed E-state index contributed by atoms with van der Waals surface area (Å²) in [5.41, 5.74) is 2.93. The van der Waals surface area contributed by atoms with Crippen LogP contribution >= 0.6 is 23.1 Å². The van der Waals surface area contributed by atoms with E-state index in [-0.39, 0.29) is 11.2 Å². The van der Waals surface area contributed by atoms with Gasteiger partial charge in [0.25, 0.3) is 5.56 Å². The van der Waals surface area contributed by atoms with Crippen LogP contribution in [0.25, 0.3) is 15.9 Å². The van der Waals surface area contributed by atoms with Gasteiger partial charge in [-0.3, -0.25) is 9.36 Å². The average Bonchev–Trinajstić information content (AvgIpc) is 3.27. The van der Waals surface area contributed by atoms with E-state index in [2.05, 4.69) is 5.16 Å². The minimum absolute atomic E-state index is 0.189. The van der Waals surface area contributed by atoms with E-state index >= 15 is 0 Å². The van der Waals surface area contributed by atoms with E-state index < -0.39 is 5.82 Å². The molecule has 5 nitrogen and oxygen atoms in total. The highest BCUT2D eigenvalue weighted by molar-refractivity contribution is 7.98. The van der Waals surface area contributed by atoms with E-state index in [9.17, 15) is 9.18 Å². The SMILES string of the molecule is Cc1noc(C)c1CSc1nc2sc3c(c2c(=O)n1-c1ccccc1F)CCCC3. The van der Waals surface area contributed by atoms with Crippen molar-refractivity contribution in [1.29, 1.82) is 0 Å². The molecule has 5 rings (SSSR count). The number of halogens is 1. The van der Waals surface area contributed by atoms with E-state index in [4.69, 9.17) is 9.51 Å². The van der Waals surface area contributed by atoms with Crippen LogP contribution in [0.4, 0.5) is 4.39 Å². The first-order valence-electron chi connectivity index (χ1n) is 9.91. The minimum Gasteiger partial charge on any atom is -0.361 e. The van der Waals surface area contributed by atoms with Crippen LogP contribution < -0.4 is 5.56 Å². The molecule has 0 unspecified atom stereocenters. The van der Waals surface area contributed by atoms with Crippen molar-refractivity contribution in [2.45, 2.75) is 50.4 Å². The Labute approximate surface area is 180 Å². The first-order chi connectivity index (χ1) is 14.5. The van der Waals surface area contributed by atoms with Gasteiger partial charge in [0, 0.05) is 16.2 Å². The Morgan fingerprint density at radius 2 is 2.03 bits per heavy atom. The van der Waals surface area contributed by atoms with Gasteiger partial charge in [-0.05, 0) is 57.2 Å². The largest absolute Gasteiger partial charge is 0.361 e. The molecule has 3 aromatic heterocycles. The Morgan fingerprint density at radius 3 is 2.80 bits per heavy atom. The third-order valence-corrected chi connectivity index (χ3v) is 7.73. The fourth-order valence-electron chi connectivity index (χ4n) is 3.97. The molecule has 0 aliphatic heterocycles. The van der Waals surface area contributed by atoms with Crippen LogP contribution in [0.1, 0.15) is 40.3 Å². The molecule has 4 aromatic rings. The molecule has 0 spiro atoms. The summed E-state index contributed by atoms with van der Waals surface area (Å²) >= 11 is 3.01. The highest BCUT2D eigenvalue weighted by Gasteiger charge is 2.24. The molecule has 0 radical (unpaired) electrons. The number of hydrogen-bond acceptors (Lipinski definition) is 6. The molecule has 0 amide bonds. The second kappa shape index (κ2) is 7.67. The molecule has 8 heteroatoms. The van der Waals surface area contributed by atoms with Gasteiger partial charge in [0.1, 0.15) is 16.4 Å². The van der Waals surface area contributed by atoms with Gasteiger partial charge in [-0.15, -0.1) is 11.3 Å². The van der Waals surface area contributed by atoms with Crippen molar-refractivity contribution in [3.8, 4) is 5.69 Å². The Bertz CT molecular complexity index is 1300. The molecule has 30 heavy (non-hydrogen) atoms. The molecule has 1 aromatic carbocycles. The zero-order chi connectivity index (χ0) is 20.8. The maximum absolute atomic E-state index is 14.7. The van der Waals surface area contributed by atoms with Gasteiger partial charge in [-0.25, -0.2) is 9.37 Å². The number of thioether (sulfide) groups is 1. The van der Waals surface area contributed by atoms with E-state index in [0.29, 0.717) is 16.3 Å². The molecule has 154 valence electrons. The van der Waals surface area contributed by atoms with Crippen molar-refractivity contribution >= 4 is 33.3 Å². The summed E-state index contributed by atoms with van der Waals surface area (Å²) in [5, 5.41) is 5.13. The molecule has 3 heterocycles. The van der Waals surface area contributed by atoms with E-state index in [1.807, 2.05) is 13.8 Å². The van der Waals surface area contributed by atoms with Gasteiger partial charge in [-0.1, -0.05) is 29.1 Å².